The first-order valence-electron chi connectivity index (χ1n) is 8.19. The van der Waals surface area contributed by atoms with Crippen LogP contribution in [-0.2, 0) is 4.79 Å². The molecule has 21 heavy (non-hydrogen) atoms. The Morgan fingerprint density at radius 3 is 2.67 bits per heavy atom. The fourth-order valence-corrected chi connectivity index (χ4v) is 3.48. The quantitative estimate of drug-likeness (QED) is 0.770. The summed E-state index contributed by atoms with van der Waals surface area (Å²) in [6, 6.07) is 0.169. The average molecular weight is 296 g/mol. The molecule has 2 N–H and O–H groups in total. The minimum Gasteiger partial charge on any atom is -0.481 e. The smallest absolute Gasteiger partial charge is 0.317 e. The van der Waals surface area contributed by atoms with Crippen molar-refractivity contribution in [1.82, 2.24) is 10.2 Å². The predicted molar refractivity (Wildman–Crippen MR) is 81.1 cm³/mol. The molecule has 1 aliphatic heterocycles. The number of urea groups is 1. The molecular weight excluding hydrogens is 268 g/mol. The van der Waals surface area contributed by atoms with E-state index in [0.29, 0.717) is 19.5 Å². The van der Waals surface area contributed by atoms with Crippen LogP contribution in [0.4, 0.5) is 4.79 Å². The fraction of sp³-hybridized carbons (Fsp3) is 0.875. The number of amides is 2. The van der Waals surface area contributed by atoms with E-state index in [1.165, 1.54) is 12.8 Å². The molecule has 3 atom stereocenters. The first-order chi connectivity index (χ1) is 9.90. The zero-order chi connectivity index (χ0) is 15.5. The summed E-state index contributed by atoms with van der Waals surface area (Å²) in [7, 11) is 0. The van der Waals surface area contributed by atoms with Gasteiger partial charge in [-0.25, -0.2) is 4.79 Å². The van der Waals surface area contributed by atoms with Gasteiger partial charge in [0.05, 0.1) is 5.41 Å². The molecule has 0 bridgehead atoms. The Bertz CT molecular complexity index is 399. The topological polar surface area (TPSA) is 69.6 Å². The molecule has 1 heterocycles. The molecule has 1 saturated heterocycles. The molecule has 2 fully saturated rings. The van der Waals surface area contributed by atoms with E-state index >= 15 is 0 Å². The van der Waals surface area contributed by atoms with Crippen LogP contribution in [0.2, 0.25) is 0 Å². The maximum Gasteiger partial charge on any atom is 0.317 e. The zero-order valence-electron chi connectivity index (χ0n) is 13.2. The number of hydrogen-bond acceptors (Lipinski definition) is 2. The van der Waals surface area contributed by atoms with Crippen LogP contribution in [0.3, 0.4) is 0 Å². The Hall–Kier alpha value is -1.26. The third kappa shape index (κ3) is 4.11. The van der Waals surface area contributed by atoms with E-state index < -0.39 is 11.4 Å². The molecule has 2 aliphatic rings. The molecule has 2 amide bonds. The number of nitrogens with zero attached hydrogens (tertiary/aromatic N) is 1. The number of rotatable bonds is 2. The zero-order valence-corrected chi connectivity index (χ0v) is 13.2. The van der Waals surface area contributed by atoms with Crippen LogP contribution in [-0.4, -0.2) is 41.1 Å². The van der Waals surface area contributed by atoms with Gasteiger partial charge in [0, 0.05) is 19.1 Å². The van der Waals surface area contributed by atoms with Crippen molar-refractivity contribution >= 4 is 12.0 Å². The monoisotopic (exact) mass is 296 g/mol. The van der Waals surface area contributed by atoms with Crippen molar-refractivity contribution in [3.63, 3.8) is 0 Å². The van der Waals surface area contributed by atoms with E-state index in [2.05, 4.69) is 12.2 Å². The van der Waals surface area contributed by atoms with Crippen LogP contribution < -0.4 is 5.32 Å². The van der Waals surface area contributed by atoms with E-state index in [0.717, 1.165) is 31.6 Å². The molecule has 0 aromatic carbocycles. The molecule has 0 spiro atoms. The minimum atomic E-state index is -0.803. The van der Waals surface area contributed by atoms with Gasteiger partial charge >= 0.3 is 12.0 Å². The van der Waals surface area contributed by atoms with Crippen LogP contribution in [0, 0.1) is 11.3 Å². The highest BCUT2D eigenvalue weighted by atomic mass is 16.4. The largest absolute Gasteiger partial charge is 0.481 e. The summed E-state index contributed by atoms with van der Waals surface area (Å²) in [5.74, 6) is -0.0551. The van der Waals surface area contributed by atoms with Gasteiger partial charge in [-0.15, -0.1) is 0 Å². The summed E-state index contributed by atoms with van der Waals surface area (Å²) in [6.07, 6.45) is 7.06. The first-order valence-corrected chi connectivity index (χ1v) is 8.19. The second kappa shape index (κ2) is 6.67. The van der Waals surface area contributed by atoms with Crippen LogP contribution >= 0.6 is 0 Å². The Balaban J connectivity index is 1.89. The van der Waals surface area contributed by atoms with Gasteiger partial charge in [0.1, 0.15) is 0 Å². The van der Waals surface area contributed by atoms with Crippen molar-refractivity contribution in [3.05, 3.63) is 0 Å². The molecule has 0 aromatic heterocycles. The molecule has 0 aromatic rings. The van der Waals surface area contributed by atoms with Crippen molar-refractivity contribution in [1.29, 1.82) is 0 Å². The highest BCUT2D eigenvalue weighted by Gasteiger charge is 2.39. The third-order valence-corrected chi connectivity index (χ3v) is 5.08. The second-order valence-electron chi connectivity index (χ2n) is 7.15. The van der Waals surface area contributed by atoms with Crippen molar-refractivity contribution in [2.24, 2.45) is 11.3 Å². The van der Waals surface area contributed by atoms with Gasteiger partial charge < -0.3 is 15.3 Å². The van der Waals surface area contributed by atoms with Gasteiger partial charge in [0.2, 0.25) is 0 Å². The number of carbonyl (C=O) groups excluding carboxylic acids is 1. The van der Waals surface area contributed by atoms with E-state index in [4.69, 9.17) is 0 Å². The molecule has 0 radical (unpaired) electrons. The Morgan fingerprint density at radius 1 is 1.19 bits per heavy atom. The van der Waals surface area contributed by atoms with Crippen LogP contribution in [0.1, 0.15) is 58.8 Å². The molecule has 5 heteroatoms. The van der Waals surface area contributed by atoms with Gasteiger partial charge in [0.25, 0.3) is 0 Å². The van der Waals surface area contributed by atoms with Gasteiger partial charge in [-0.2, -0.15) is 0 Å². The van der Waals surface area contributed by atoms with Crippen LogP contribution in [0.15, 0.2) is 0 Å². The predicted octanol–water partition coefficient (Wildman–Crippen LogP) is 2.85. The summed E-state index contributed by atoms with van der Waals surface area (Å²) in [5.41, 5.74) is -0.798. The lowest BCUT2D eigenvalue weighted by Gasteiger charge is -2.38. The number of nitrogens with one attached hydrogen (secondary N) is 1. The molecule has 1 saturated carbocycles. The maximum atomic E-state index is 12.4. The summed E-state index contributed by atoms with van der Waals surface area (Å²) in [4.78, 5) is 25.4. The molecule has 5 nitrogen and oxygen atoms in total. The summed E-state index contributed by atoms with van der Waals surface area (Å²) >= 11 is 0. The minimum absolute atomic E-state index is 0.0817. The van der Waals surface area contributed by atoms with E-state index in [1.807, 2.05) is 0 Å². The normalized spacial score (nSPS) is 34.1. The van der Waals surface area contributed by atoms with Gasteiger partial charge in [0.15, 0.2) is 0 Å². The number of carboxylic acids is 1. The molecule has 120 valence electrons. The number of hydrogen-bond donors (Lipinski definition) is 2. The summed E-state index contributed by atoms with van der Waals surface area (Å²) in [5, 5.41) is 12.4. The van der Waals surface area contributed by atoms with E-state index in [9.17, 15) is 14.7 Å². The molecule has 1 aliphatic carbocycles. The Kier molecular flexibility index (Phi) is 5.12. The standard InChI is InChI=1S/C16H28N2O3/c1-12-5-3-6-13(8-7-12)17-15(21)18-10-4-9-16(2,11-18)14(19)20/h12-13H,3-11H2,1-2H3,(H,17,21)(H,19,20). The number of likely N-dealkylation sites (tertiary alicyclic amines) is 1. The second-order valence-corrected chi connectivity index (χ2v) is 7.15. The first kappa shape index (κ1) is 16.1. The van der Waals surface area contributed by atoms with E-state index in [1.54, 1.807) is 11.8 Å². The molecular formula is C16H28N2O3. The van der Waals surface area contributed by atoms with Crippen molar-refractivity contribution in [3.8, 4) is 0 Å². The van der Waals surface area contributed by atoms with Crippen molar-refractivity contribution in [2.75, 3.05) is 13.1 Å². The summed E-state index contributed by atoms with van der Waals surface area (Å²) < 4.78 is 0. The lowest BCUT2D eigenvalue weighted by atomic mass is 9.82. The fourth-order valence-electron chi connectivity index (χ4n) is 3.48. The van der Waals surface area contributed by atoms with Gasteiger partial charge in [-0.05, 0) is 44.9 Å². The third-order valence-electron chi connectivity index (χ3n) is 5.08. The van der Waals surface area contributed by atoms with E-state index in [-0.39, 0.29) is 12.1 Å². The lowest BCUT2D eigenvalue weighted by molar-refractivity contribution is -0.150. The summed E-state index contributed by atoms with van der Waals surface area (Å²) in [6.45, 7) is 4.99. The van der Waals surface area contributed by atoms with Crippen LogP contribution in [0.5, 0.6) is 0 Å². The lowest BCUT2D eigenvalue weighted by Crippen LogP contribution is -2.53. The Morgan fingerprint density at radius 2 is 1.95 bits per heavy atom. The average Bonchev–Trinajstić information content (AvgIpc) is 2.63. The highest BCUT2D eigenvalue weighted by molar-refractivity contribution is 5.78. The SMILES string of the molecule is CC1CCCC(NC(=O)N2CCCC(C)(C(=O)O)C2)CC1. The molecule has 3 unspecified atom stereocenters. The Labute approximate surface area is 127 Å². The van der Waals surface area contributed by atoms with Crippen LogP contribution in [0.25, 0.3) is 0 Å². The van der Waals surface area contributed by atoms with Gasteiger partial charge in [-0.1, -0.05) is 19.8 Å². The number of carboxylic acid groups (broad SMARTS) is 1. The molecule has 2 rings (SSSR count). The number of aliphatic carboxylic acids is 1. The van der Waals surface area contributed by atoms with Crippen molar-refractivity contribution < 1.29 is 14.7 Å². The maximum absolute atomic E-state index is 12.4. The van der Waals surface area contributed by atoms with Gasteiger partial charge in [-0.3, -0.25) is 4.79 Å². The highest BCUT2D eigenvalue weighted by Crippen LogP contribution is 2.30. The van der Waals surface area contributed by atoms with Crippen molar-refractivity contribution in [2.45, 2.75) is 64.8 Å². The number of piperidine rings is 1. The number of carbonyl (C=O) groups is 2.